The zero-order chi connectivity index (χ0) is 43.1. The topological polar surface area (TPSA) is 16.4 Å². The Morgan fingerprint density at radius 1 is 0.452 bits per heavy atom. The molecule has 0 unspecified atom stereocenters. The Hall–Kier alpha value is -6.38. The van der Waals surface area contributed by atoms with E-state index >= 15 is 0 Å². The van der Waals surface area contributed by atoms with Gasteiger partial charge < -0.3 is 9.32 Å². The van der Waals surface area contributed by atoms with Crippen molar-refractivity contribution in [2.24, 2.45) is 0 Å². The first-order chi connectivity index (χ1) is 29.5. The van der Waals surface area contributed by atoms with Crippen molar-refractivity contribution in [2.45, 2.75) is 90.9 Å². The van der Waals surface area contributed by atoms with Crippen LogP contribution in [0.5, 0.6) is 0 Å². The van der Waals surface area contributed by atoms with Gasteiger partial charge in [0.1, 0.15) is 11.2 Å². The Morgan fingerprint density at radius 2 is 1.10 bits per heavy atom. The van der Waals surface area contributed by atoms with Gasteiger partial charge >= 0.3 is 0 Å². The van der Waals surface area contributed by atoms with Gasteiger partial charge in [-0.05, 0) is 114 Å². The fraction of sp³-hybridized carbons (Fsp3) is 0.233. The minimum atomic E-state index is -0.311. The molecule has 0 aliphatic heterocycles. The summed E-state index contributed by atoms with van der Waals surface area (Å²) in [5.41, 5.74) is 20.5. The van der Waals surface area contributed by atoms with E-state index in [0.717, 1.165) is 22.5 Å². The fourth-order valence-electron chi connectivity index (χ4n) is 11.0. The van der Waals surface area contributed by atoms with Gasteiger partial charge in [0.05, 0.1) is 5.69 Å². The summed E-state index contributed by atoms with van der Waals surface area (Å²) in [7, 11) is 0. The lowest BCUT2D eigenvalue weighted by molar-refractivity contribution is 0.556. The van der Waals surface area contributed by atoms with Crippen molar-refractivity contribution in [2.75, 3.05) is 4.90 Å². The Bertz CT molecular complexity index is 3300. The van der Waals surface area contributed by atoms with Crippen LogP contribution >= 0.6 is 0 Å². The summed E-state index contributed by atoms with van der Waals surface area (Å²) >= 11 is 0. The summed E-state index contributed by atoms with van der Waals surface area (Å²) in [5.74, 6) is 0. The predicted molar refractivity (Wildman–Crippen MR) is 264 cm³/mol. The van der Waals surface area contributed by atoms with Gasteiger partial charge in [-0.25, -0.2) is 0 Å². The molecule has 8 aromatic carbocycles. The van der Waals surface area contributed by atoms with E-state index in [4.69, 9.17) is 4.42 Å². The van der Waals surface area contributed by atoms with E-state index in [9.17, 15) is 0 Å². The molecule has 2 nitrogen and oxygen atoms in total. The third kappa shape index (κ3) is 5.55. The van der Waals surface area contributed by atoms with Crippen molar-refractivity contribution in [1.29, 1.82) is 0 Å². The predicted octanol–water partition coefficient (Wildman–Crippen LogP) is 17.1. The van der Waals surface area contributed by atoms with Crippen LogP contribution in [0.1, 0.15) is 103 Å². The molecule has 62 heavy (non-hydrogen) atoms. The number of anilines is 3. The van der Waals surface area contributed by atoms with Gasteiger partial charge in [-0.2, -0.15) is 0 Å². The van der Waals surface area contributed by atoms with Crippen LogP contribution in [0.3, 0.4) is 0 Å². The highest BCUT2D eigenvalue weighted by Crippen LogP contribution is 2.58. The molecule has 0 saturated carbocycles. The average molecular weight is 806 g/mol. The monoisotopic (exact) mass is 805 g/mol. The van der Waals surface area contributed by atoms with E-state index in [1.54, 1.807) is 0 Å². The SMILES string of the molecule is CC(C)(C)c1cc(C(C)(C)C)c2oc3c4c(ccc3c2c1)-c1c(N(c2ccc(-c3cccc5ccccc35)cc2)c2ccc3c(c2)C(C)(C)c2ccccc2-3)cccc1C4(C)C. The van der Waals surface area contributed by atoms with Crippen molar-refractivity contribution >= 4 is 49.8 Å². The summed E-state index contributed by atoms with van der Waals surface area (Å²) in [6, 6.07) is 57.0. The molecule has 0 bridgehead atoms. The molecule has 1 heterocycles. The molecular formula is C60H55NO. The van der Waals surface area contributed by atoms with Crippen LogP contribution in [0.25, 0.3) is 66.1 Å². The lowest BCUT2D eigenvalue weighted by Gasteiger charge is -2.30. The number of fused-ring (bicyclic) bond motifs is 11. The van der Waals surface area contributed by atoms with Gasteiger partial charge in [-0.1, -0.05) is 178 Å². The molecule has 0 N–H and O–H groups in total. The smallest absolute Gasteiger partial charge is 0.140 e. The Morgan fingerprint density at radius 3 is 1.87 bits per heavy atom. The zero-order valence-electron chi connectivity index (χ0n) is 37.8. The van der Waals surface area contributed by atoms with Crippen molar-refractivity contribution in [3.63, 3.8) is 0 Å². The van der Waals surface area contributed by atoms with E-state index in [1.165, 1.54) is 94.0 Å². The van der Waals surface area contributed by atoms with E-state index in [-0.39, 0.29) is 21.7 Å². The Labute approximate surface area is 366 Å². The molecule has 0 radical (unpaired) electrons. The third-order valence-electron chi connectivity index (χ3n) is 14.3. The highest BCUT2D eigenvalue weighted by Gasteiger charge is 2.42. The van der Waals surface area contributed by atoms with Crippen LogP contribution in [0, 0.1) is 0 Å². The largest absolute Gasteiger partial charge is 0.455 e. The molecule has 1 aromatic heterocycles. The molecule has 0 atom stereocenters. The van der Waals surface area contributed by atoms with Gasteiger partial charge in [0, 0.05) is 49.7 Å². The fourth-order valence-corrected chi connectivity index (χ4v) is 11.0. The molecule has 11 rings (SSSR count). The highest BCUT2D eigenvalue weighted by molar-refractivity contribution is 6.11. The van der Waals surface area contributed by atoms with E-state index < -0.39 is 0 Å². The molecule has 2 aliphatic carbocycles. The second kappa shape index (κ2) is 13.1. The Kier molecular flexibility index (Phi) is 8.12. The summed E-state index contributed by atoms with van der Waals surface area (Å²) in [6.07, 6.45) is 0. The van der Waals surface area contributed by atoms with E-state index in [2.05, 4.69) is 226 Å². The van der Waals surface area contributed by atoms with Crippen molar-refractivity contribution in [1.82, 2.24) is 0 Å². The van der Waals surface area contributed by atoms with Crippen molar-refractivity contribution < 1.29 is 4.42 Å². The maximum atomic E-state index is 7.23. The van der Waals surface area contributed by atoms with Crippen LogP contribution in [0.4, 0.5) is 17.1 Å². The minimum absolute atomic E-state index is 0.00498. The molecule has 0 fully saturated rings. The average Bonchev–Trinajstić information content (AvgIpc) is 3.82. The van der Waals surface area contributed by atoms with Gasteiger partial charge in [-0.15, -0.1) is 0 Å². The number of furan rings is 1. The summed E-state index contributed by atoms with van der Waals surface area (Å²) in [5, 5.41) is 4.92. The molecule has 0 saturated heterocycles. The normalized spacial score (nSPS) is 14.9. The van der Waals surface area contributed by atoms with Gasteiger partial charge in [0.25, 0.3) is 0 Å². The van der Waals surface area contributed by atoms with Gasteiger partial charge in [0.15, 0.2) is 0 Å². The first kappa shape index (κ1) is 38.5. The molecule has 9 aromatic rings. The molecule has 0 amide bonds. The number of nitrogens with zero attached hydrogens (tertiary/aromatic N) is 1. The maximum absolute atomic E-state index is 7.23. The van der Waals surface area contributed by atoms with Gasteiger partial charge in [-0.3, -0.25) is 0 Å². The number of hydrogen-bond donors (Lipinski definition) is 0. The van der Waals surface area contributed by atoms with Crippen LogP contribution in [-0.4, -0.2) is 0 Å². The lowest BCUT2D eigenvalue weighted by Crippen LogP contribution is -2.17. The molecule has 306 valence electrons. The first-order valence-corrected chi connectivity index (χ1v) is 22.3. The van der Waals surface area contributed by atoms with Crippen LogP contribution in [0.15, 0.2) is 156 Å². The molecular weight excluding hydrogens is 751 g/mol. The zero-order valence-corrected chi connectivity index (χ0v) is 37.8. The molecule has 2 aliphatic rings. The summed E-state index contributed by atoms with van der Waals surface area (Å²) in [6.45, 7) is 23.4. The third-order valence-corrected chi connectivity index (χ3v) is 14.3. The van der Waals surface area contributed by atoms with Crippen LogP contribution in [0.2, 0.25) is 0 Å². The van der Waals surface area contributed by atoms with Gasteiger partial charge in [0.2, 0.25) is 0 Å². The summed E-state index contributed by atoms with van der Waals surface area (Å²) < 4.78 is 7.23. The highest BCUT2D eigenvalue weighted by atomic mass is 16.3. The standard InChI is InChI=1S/C60H55NO/c1-57(2,3)38-33-47-45-31-32-46-53-49(60(9,10)54(46)56(45)62-55(47)51(34-38)58(4,5)6)23-16-24-52(53)61(40-29-30-44-43-20-13-14-22-48(43)59(7,8)50(44)35-40)39-27-25-37(26-28-39)42-21-15-18-36-17-11-12-19-41(36)42/h11-35H,1-10H3. The number of benzene rings is 8. The second-order valence-corrected chi connectivity index (χ2v) is 21.0. The first-order valence-electron chi connectivity index (χ1n) is 22.3. The number of hydrogen-bond acceptors (Lipinski definition) is 2. The molecule has 2 heteroatoms. The Balaban J connectivity index is 1.14. The van der Waals surface area contributed by atoms with Crippen LogP contribution in [-0.2, 0) is 21.7 Å². The quantitative estimate of drug-likeness (QED) is 0.176. The maximum Gasteiger partial charge on any atom is 0.140 e. The minimum Gasteiger partial charge on any atom is -0.455 e. The van der Waals surface area contributed by atoms with E-state index in [1.807, 2.05) is 0 Å². The second-order valence-electron chi connectivity index (χ2n) is 21.0. The van der Waals surface area contributed by atoms with Crippen molar-refractivity contribution in [3.05, 3.63) is 185 Å². The van der Waals surface area contributed by atoms with E-state index in [0.29, 0.717) is 0 Å². The molecule has 0 spiro atoms. The lowest BCUT2D eigenvalue weighted by atomic mass is 9.79. The number of rotatable bonds is 4. The summed E-state index contributed by atoms with van der Waals surface area (Å²) in [4.78, 5) is 2.51. The van der Waals surface area contributed by atoms with Crippen LogP contribution < -0.4 is 4.90 Å². The van der Waals surface area contributed by atoms with Crippen molar-refractivity contribution in [3.8, 4) is 33.4 Å².